The molecule has 0 bridgehead atoms. The molecule has 2 rings (SSSR count). The van der Waals surface area contributed by atoms with Crippen LogP contribution < -0.4 is 0 Å². The number of aromatic amines is 1. The van der Waals surface area contributed by atoms with Crippen LogP contribution in [0.2, 0.25) is 0 Å². The third kappa shape index (κ3) is 1.86. The van der Waals surface area contributed by atoms with Gasteiger partial charge in [-0.1, -0.05) is 0 Å². The Balaban J connectivity index is 2.56. The van der Waals surface area contributed by atoms with Crippen LogP contribution in [0.5, 0.6) is 0 Å². The first-order chi connectivity index (χ1) is 8.18. The van der Waals surface area contributed by atoms with Gasteiger partial charge in [-0.15, -0.1) is 0 Å². The lowest BCUT2D eigenvalue weighted by atomic mass is 10.1. The Morgan fingerprint density at radius 2 is 2.06 bits per heavy atom. The minimum absolute atomic E-state index is 0.257. The van der Waals surface area contributed by atoms with Crippen molar-refractivity contribution in [3.05, 3.63) is 11.4 Å². The van der Waals surface area contributed by atoms with Gasteiger partial charge < -0.3 is 4.74 Å². The first-order valence-corrected chi connectivity index (χ1v) is 7.29. The normalized spacial score (nSPS) is 24.6. The van der Waals surface area contributed by atoms with Crippen LogP contribution in [0.4, 0.5) is 0 Å². The smallest absolute Gasteiger partial charge is 0.249 e. The van der Waals surface area contributed by atoms with E-state index < -0.39 is 21.8 Å². The highest BCUT2D eigenvalue weighted by molar-refractivity contribution is 7.89. The molecule has 1 aromatic rings. The monoisotopic (exact) mass is 273 g/mol. The summed E-state index contributed by atoms with van der Waals surface area (Å²) in [7, 11) is -3.60. The number of hydrogen-bond acceptors (Lipinski definition) is 4. The van der Waals surface area contributed by atoms with E-state index in [0.29, 0.717) is 18.0 Å². The van der Waals surface area contributed by atoms with Crippen molar-refractivity contribution in [2.75, 3.05) is 6.61 Å². The minimum atomic E-state index is -3.60. The summed E-state index contributed by atoms with van der Waals surface area (Å²) in [5.41, 5.74) is 0.499. The van der Waals surface area contributed by atoms with Crippen LogP contribution in [0.1, 0.15) is 32.2 Å². The topological polar surface area (TPSA) is 75.3 Å². The maximum atomic E-state index is 12.7. The number of nitrogens with zero attached hydrogens (tertiary/aromatic N) is 2. The Morgan fingerprint density at radius 1 is 1.44 bits per heavy atom. The predicted octanol–water partition coefficient (Wildman–Crippen LogP) is 1.17. The van der Waals surface area contributed by atoms with Crippen molar-refractivity contribution in [3.8, 4) is 0 Å². The van der Waals surface area contributed by atoms with Crippen molar-refractivity contribution < 1.29 is 13.2 Å². The number of rotatable bonds is 2. The van der Waals surface area contributed by atoms with Gasteiger partial charge in [0.15, 0.2) is 0 Å². The van der Waals surface area contributed by atoms with Crippen molar-refractivity contribution in [1.29, 1.82) is 0 Å². The van der Waals surface area contributed by atoms with Crippen LogP contribution >= 0.6 is 0 Å². The van der Waals surface area contributed by atoms with Gasteiger partial charge in [0.1, 0.15) is 11.1 Å². The lowest BCUT2D eigenvalue weighted by Gasteiger charge is -2.30. The van der Waals surface area contributed by atoms with Gasteiger partial charge in [-0.05, 0) is 34.6 Å². The largest absolute Gasteiger partial charge is 0.360 e. The molecule has 1 unspecified atom stereocenters. The summed E-state index contributed by atoms with van der Waals surface area (Å²) in [6, 6.07) is 0. The Bertz CT molecular complexity index is 543. The predicted molar refractivity (Wildman–Crippen MR) is 66.6 cm³/mol. The lowest BCUT2D eigenvalue weighted by molar-refractivity contribution is 0.0843. The summed E-state index contributed by atoms with van der Waals surface area (Å²) in [6.45, 7) is 9.25. The molecule has 0 radical (unpaired) electrons. The first kappa shape index (κ1) is 13.5. The molecule has 1 aliphatic heterocycles. The summed E-state index contributed by atoms with van der Waals surface area (Å²) in [5, 5.41) is 6.67. The zero-order valence-corrected chi connectivity index (χ0v) is 12.1. The van der Waals surface area contributed by atoms with Crippen LogP contribution in [0.25, 0.3) is 0 Å². The Morgan fingerprint density at radius 3 is 2.44 bits per heavy atom. The van der Waals surface area contributed by atoms with E-state index in [1.54, 1.807) is 20.8 Å². The van der Waals surface area contributed by atoms with Gasteiger partial charge in [-0.25, -0.2) is 8.42 Å². The van der Waals surface area contributed by atoms with Crippen LogP contribution in [-0.2, 0) is 14.8 Å². The Hall–Kier alpha value is -0.920. The fourth-order valence-electron chi connectivity index (χ4n) is 2.49. The van der Waals surface area contributed by atoms with Gasteiger partial charge in [0.05, 0.1) is 23.5 Å². The van der Waals surface area contributed by atoms with E-state index in [-0.39, 0.29) is 4.90 Å². The standard InChI is InChI=1S/C11H19N3O3S/c1-7-10(8(2)13-12-7)18(15,16)14-9(3)17-6-11(14,4)5/h9H,6H2,1-5H3,(H,12,13). The van der Waals surface area contributed by atoms with Gasteiger partial charge in [-0.3, -0.25) is 5.10 Å². The van der Waals surface area contributed by atoms with E-state index >= 15 is 0 Å². The average molecular weight is 273 g/mol. The third-order valence-corrected chi connectivity index (χ3v) is 5.61. The van der Waals surface area contributed by atoms with Crippen molar-refractivity contribution in [3.63, 3.8) is 0 Å². The average Bonchev–Trinajstić information content (AvgIpc) is 2.68. The SMILES string of the molecule is Cc1n[nH]c(C)c1S(=O)(=O)N1C(C)OCC1(C)C. The highest BCUT2D eigenvalue weighted by Gasteiger charge is 2.47. The number of sulfonamides is 1. The van der Waals surface area contributed by atoms with E-state index in [4.69, 9.17) is 4.74 Å². The molecule has 7 heteroatoms. The highest BCUT2D eigenvalue weighted by atomic mass is 32.2. The summed E-state index contributed by atoms with van der Waals surface area (Å²) < 4.78 is 32.4. The number of aryl methyl sites for hydroxylation is 2. The van der Waals surface area contributed by atoms with E-state index in [2.05, 4.69) is 10.2 Å². The molecule has 0 aliphatic carbocycles. The van der Waals surface area contributed by atoms with Crippen LogP contribution in [0, 0.1) is 13.8 Å². The molecule has 1 atom stereocenters. The van der Waals surface area contributed by atoms with E-state index in [0.717, 1.165) is 0 Å². The maximum absolute atomic E-state index is 12.7. The zero-order chi connectivity index (χ0) is 13.7. The molecular formula is C11H19N3O3S. The second-order valence-electron chi connectivity index (χ2n) is 5.29. The van der Waals surface area contributed by atoms with Gasteiger partial charge >= 0.3 is 0 Å². The van der Waals surface area contributed by atoms with Crippen molar-refractivity contribution in [1.82, 2.24) is 14.5 Å². The van der Waals surface area contributed by atoms with Crippen molar-refractivity contribution >= 4 is 10.0 Å². The lowest BCUT2D eigenvalue weighted by Crippen LogP contribution is -2.47. The molecule has 0 saturated carbocycles. The van der Waals surface area contributed by atoms with Crippen molar-refractivity contribution in [2.45, 2.75) is 51.3 Å². The summed E-state index contributed by atoms with van der Waals surface area (Å²) >= 11 is 0. The second kappa shape index (κ2) is 4.04. The molecule has 1 N–H and O–H groups in total. The molecule has 0 aromatic carbocycles. The Kier molecular flexibility index (Phi) is 3.03. The zero-order valence-electron chi connectivity index (χ0n) is 11.3. The van der Waals surface area contributed by atoms with Crippen LogP contribution in [-0.4, -0.2) is 41.3 Å². The van der Waals surface area contributed by atoms with E-state index in [9.17, 15) is 8.42 Å². The summed E-state index contributed by atoms with van der Waals surface area (Å²) in [4.78, 5) is 0.257. The molecule has 0 amide bonds. The van der Waals surface area contributed by atoms with Crippen molar-refractivity contribution in [2.24, 2.45) is 0 Å². The highest BCUT2D eigenvalue weighted by Crippen LogP contribution is 2.34. The molecular weight excluding hydrogens is 254 g/mol. The molecule has 0 spiro atoms. The van der Waals surface area contributed by atoms with E-state index in [1.165, 1.54) is 4.31 Å². The number of nitrogens with one attached hydrogen (secondary N) is 1. The first-order valence-electron chi connectivity index (χ1n) is 5.85. The molecule has 1 saturated heterocycles. The van der Waals surface area contributed by atoms with Gasteiger partial charge in [-0.2, -0.15) is 9.40 Å². The Labute approximate surface area is 107 Å². The molecule has 102 valence electrons. The molecule has 1 aliphatic rings. The quantitative estimate of drug-likeness (QED) is 0.877. The number of ether oxygens (including phenoxy) is 1. The fraction of sp³-hybridized carbons (Fsp3) is 0.727. The molecule has 6 nitrogen and oxygen atoms in total. The number of H-pyrrole nitrogens is 1. The number of hydrogen-bond donors (Lipinski definition) is 1. The molecule has 1 fully saturated rings. The second-order valence-corrected chi connectivity index (χ2v) is 7.04. The summed E-state index contributed by atoms with van der Waals surface area (Å²) in [6.07, 6.45) is -0.460. The molecule has 2 heterocycles. The number of aromatic nitrogens is 2. The van der Waals surface area contributed by atoms with Crippen LogP contribution in [0.3, 0.4) is 0 Å². The summed E-state index contributed by atoms with van der Waals surface area (Å²) in [5.74, 6) is 0. The minimum Gasteiger partial charge on any atom is -0.360 e. The molecule has 18 heavy (non-hydrogen) atoms. The van der Waals surface area contributed by atoms with Crippen LogP contribution in [0.15, 0.2) is 4.90 Å². The van der Waals surface area contributed by atoms with Gasteiger partial charge in [0.2, 0.25) is 10.0 Å². The van der Waals surface area contributed by atoms with Gasteiger partial charge in [0, 0.05) is 0 Å². The van der Waals surface area contributed by atoms with Gasteiger partial charge in [0.25, 0.3) is 0 Å². The fourth-order valence-corrected chi connectivity index (χ4v) is 4.69. The maximum Gasteiger partial charge on any atom is 0.249 e. The van der Waals surface area contributed by atoms with E-state index in [1.807, 2.05) is 13.8 Å². The third-order valence-electron chi connectivity index (χ3n) is 3.18. The molecule has 1 aromatic heterocycles.